The van der Waals surface area contributed by atoms with Gasteiger partial charge in [0.2, 0.25) is 0 Å². The molecule has 0 aliphatic rings. The van der Waals surface area contributed by atoms with Crippen LogP contribution in [0.15, 0.2) is 146 Å². The smallest absolute Gasteiger partial charge is 0.0319 e. The summed E-state index contributed by atoms with van der Waals surface area (Å²) in [6.07, 6.45) is 3.04. The molecule has 0 aliphatic carbocycles. The van der Waals surface area contributed by atoms with E-state index in [2.05, 4.69) is 146 Å². The molecule has 0 fully saturated rings. The second-order valence-electron chi connectivity index (χ2n) is 8.29. The van der Waals surface area contributed by atoms with Gasteiger partial charge < -0.3 is 20.4 Å². The van der Waals surface area contributed by atoms with Crippen LogP contribution in [-0.2, 0) is 19.3 Å². The van der Waals surface area contributed by atoms with Gasteiger partial charge in [0.25, 0.3) is 0 Å². The summed E-state index contributed by atoms with van der Waals surface area (Å²) in [5.41, 5.74) is 8.23. The average molecular weight is 675 g/mol. The number of hydrogen-bond donors (Lipinski definition) is 4. The Morgan fingerprint density at radius 1 is 0.245 bits per heavy atom. The summed E-state index contributed by atoms with van der Waals surface area (Å²) in [4.78, 5) is 0. The normalized spacial score (nSPS) is 7.84. The standard InChI is InChI=1S/C20H18.C13H12.4C2H6.4CH4O/c1-3-8-17(9-4-1)14-19-12-7-13-20(16-19)15-18-10-5-2-6-11-18;1-3-7-12(8-4-1)11-13-9-5-2-6-10-13;8*1-2/h1-13,16H,14-15H2;1-10H,11H2;4*1-2H3;4*2H,1H3. The average Bonchev–Trinajstić information content (AvgIpc) is 3.23. The summed E-state index contributed by atoms with van der Waals surface area (Å²) in [5.74, 6) is 0. The molecule has 49 heavy (non-hydrogen) atoms. The molecule has 0 aromatic heterocycles. The summed E-state index contributed by atoms with van der Waals surface area (Å²) in [5, 5.41) is 28.0. The molecule has 5 aromatic rings. The Bertz CT molecular complexity index is 1120. The van der Waals surface area contributed by atoms with E-state index < -0.39 is 0 Å². The summed E-state index contributed by atoms with van der Waals surface area (Å²) >= 11 is 0. The molecule has 0 saturated carbocycles. The lowest BCUT2D eigenvalue weighted by atomic mass is 9.99. The Kier molecular flexibility index (Phi) is 53.7. The fourth-order valence-electron chi connectivity index (χ4n) is 3.94. The second-order valence-corrected chi connectivity index (χ2v) is 8.29. The molecular weight excluding hydrogens is 604 g/mol. The molecule has 0 atom stereocenters. The van der Waals surface area contributed by atoms with Crippen LogP contribution in [0.1, 0.15) is 88.8 Å². The van der Waals surface area contributed by atoms with Gasteiger partial charge in [-0.05, 0) is 52.6 Å². The van der Waals surface area contributed by atoms with E-state index in [1.165, 1.54) is 33.4 Å². The molecule has 274 valence electrons. The molecule has 0 unspecified atom stereocenters. The molecule has 0 saturated heterocycles. The van der Waals surface area contributed by atoms with E-state index in [-0.39, 0.29) is 0 Å². The molecule has 4 N–H and O–H groups in total. The Labute approximate surface area is 301 Å². The van der Waals surface area contributed by atoms with Crippen LogP contribution in [-0.4, -0.2) is 48.9 Å². The van der Waals surface area contributed by atoms with Crippen molar-refractivity contribution in [3.8, 4) is 0 Å². The maximum absolute atomic E-state index is 7.00. The zero-order chi connectivity index (χ0) is 38.6. The molecule has 4 nitrogen and oxygen atoms in total. The minimum absolute atomic E-state index is 1.00. The lowest BCUT2D eigenvalue weighted by Crippen LogP contribution is -1.92. The number of aliphatic hydroxyl groups is 4. The van der Waals surface area contributed by atoms with Gasteiger partial charge in [0.05, 0.1) is 0 Å². The van der Waals surface area contributed by atoms with Gasteiger partial charge in [-0.2, -0.15) is 0 Å². The molecule has 0 heterocycles. The van der Waals surface area contributed by atoms with Crippen LogP contribution in [0.3, 0.4) is 0 Å². The van der Waals surface area contributed by atoms with Gasteiger partial charge in [0, 0.05) is 28.4 Å². The van der Waals surface area contributed by atoms with Gasteiger partial charge in [-0.3, -0.25) is 0 Å². The zero-order valence-electron chi connectivity index (χ0n) is 32.8. The largest absolute Gasteiger partial charge is 0.400 e. The summed E-state index contributed by atoms with van der Waals surface area (Å²) < 4.78 is 0. The maximum Gasteiger partial charge on any atom is 0.0319 e. The van der Waals surface area contributed by atoms with E-state index in [9.17, 15) is 0 Å². The highest BCUT2D eigenvalue weighted by Gasteiger charge is 2.00. The first-order chi connectivity index (χ1) is 24.3. The van der Waals surface area contributed by atoms with E-state index in [1.54, 1.807) is 0 Å². The third-order valence-corrected chi connectivity index (χ3v) is 5.59. The minimum Gasteiger partial charge on any atom is -0.400 e. The fourth-order valence-corrected chi connectivity index (χ4v) is 3.94. The van der Waals surface area contributed by atoms with Crippen LogP contribution < -0.4 is 0 Å². The van der Waals surface area contributed by atoms with E-state index >= 15 is 0 Å². The maximum atomic E-state index is 7.00. The van der Waals surface area contributed by atoms with Crippen molar-refractivity contribution in [2.75, 3.05) is 28.4 Å². The van der Waals surface area contributed by atoms with Crippen molar-refractivity contribution < 1.29 is 20.4 Å². The number of rotatable bonds is 6. The molecule has 0 amide bonds. The van der Waals surface area contributed by atoms with Crippen molar-refractivity contribution in [2.24, 2.45) is 0 Å². The van der Waals surface area contributed by atoms with Gasteiger partial charge in [0.15, 0.2) is 0 Å². The van der Waals surface area contributed by atoms with Crippen LogP contribution in [0, 0.1) is 0 Å². The third kappa shape index (κ3) is 31.0. The molecule has 0 bridgehead atoms. The lowest BCUT2D eigenvalue weighted by Gasteiger charge is -2.06. The van der Waals surface area contributed by atoms with Crippen molar-refractivity contribution in [1.29, 1.82) is 0 Å². The lowest BCUT2D eigenvalue weighted by molar-refractivity contribution is 0.399. The summed E-state index contributed by atoms with van der Waals surface area (Å²) in [7, 11) is 4.00. The Morgan fingerprint density at radius 3 is 0.612 bits per heavy atom. The Morgan fingerprint density at radius 2 is 0.408 bits per heavy atom. The number of hydrogen-bond acceptors (Lipinski definition) is 4. The van der Waals surface area contributed by atoms with Crippen molar-refractivity contribution in [1.82, 2.24) is 0 Å². The van der Waals surface area contributed by atoms with Gasteiger partial charge in [-0.1, -0.05) is 201 Å². The van der Waals surface area contributed by atoms with Crippen molar-refractivity contribution in [3.63, 3.8) is 0 Å². The fraction of sp³-hybridized carbons (Fsp3) is 0.333. The van der Waals surface area contributed by atoms with Crippen molar-refractivity contribution >= 4 is 0 Å². The first-order valence-electron chi connectivity index (χ1n) is 17.4. The highest BCUT2D eigenvalue weighted by Crippen LogP contribution is 2.14. The Balaban J connectivity index is -0.000000193. The van der Waals surface area contributed by atoms with E-state index in [0.29, 0.717) is 0 Å². The third-order valence-electron chi connectivity index (χ3n) is 5.59. The van der Waals surface area contributed by atoms with E-state index in [4.69, 9.17) is 20.4 Å². The van der Waals surface area contributed by atoms with Crippen LogP contribution in [0.4, 0.5) is 0 Å². The number of benzene rings is 5. The predicted octanol–water partition coefficient (Wildman–Crippen LogP) is 10.7. The highest BCUT2D eigenvalue weighted by molar-refractivity contribution is 5.32. The van der Waals surface area contributed by atoms with Crippen molar-refractivity contribution in [2.45, 2.75) is 74.7 Å². The van der Waals surface area contributed by atoms with Gasteiger partial charge in [0.1, 0.15) is 0 Å². The van der Waals surface area contributed by atoms with Crippen LogP contribution in [0.2, 0.25) is 0 Å². The molecule has 5 rings (SSSR count). The van der Waals surface area contributed by atoms with Crippen molar-refractivity contribution in [3.05, 3.63) is 179 Å². The molecule has 0 aliphatic heterocycles. The van der Waals surface area contributed by atoms with Crippen LogP contribution >= 0.6 is 0 Å². The highest BCUT2D eigenvalue weighted by atomic mass is 16.2. The van der Waals surface area contributed by atoms with Gasteiger partial charge in [-0.15, -0.1) is 0 Å². The first kappa shape index (κ1) is 54.4. The van der Waals surface area contributed by atoms with E-state index in [1.807, 2.05) is 55.4 Å². The SMILES string of the molecule is CC.CC.CC.CC.CO.CO.CO.CO.c1ccc(Cc2cccc(Cc3ccccc3)c2)cc1.c1ccc(Cc2ccccc2)cc1. The molecule has 0 spiro atoms. The first-order valence-corrected chi connectivity index (χ1v) is 17.4. The van der Waals surface area contributed by atoms with Gasteiger partial charge in [-0.25, -0.2) is 0 Å². The molecular formula is C45H70O4. The Hall–Kier alpha value is -4.06. The molecule has 4 heteroatoms. The minimum atomic E-state index is 1.00. The predicted molar refractivity (Wildman–Crippen MR) is 219 cm³/mol. The molecule has 5 aromatic carbocycles. The van der Waals surface area contributed by atoms with Crippen LogP contribution in [0.25, 0.3) is 0 Å². The van der Waals surface area contributed by atoms with Gasteiger partial charge >= 0.3 is 0 Å². The van der Waals surface area contributed by atoms with E-state index in [0.717, 1.165) is 47.7 Å². The van der Waals surface area contributed by atoms with Crippen LogP contribution in [0.5, 0.6) is 0 Å². The number of aliphatic hydroxyl groups excluding tert-OH is 4. The quantitative estimate of drug-likeness (QED) is 0.144. The zero-order valence-corrected chi connectivity index (χ0v) is 32.8. The second kappa shape index (κ2) is 48.3. The summed E-state index contributed by atoms with van der Waals surface area (Å²) in [6, 6.07) is 51.2. The molecule has 0 radical (unpaired) electrons. The topological polar surface area (TPSA) is 80.9 Å². The summed E-state index contributed by atoms with van der Waals surface area (Å²) in [6.45, 7) is 16.0. The monoisotopic (exact) mass is 675 g/mol.